The Bertz CT molecular complexity index is 958. The van der Waals surface area contributed by atoms with Crippen LogP contribution in [0.4, 0.5) is 10.7 Å². The predicted octanol–water partition coefficient (Wildman–Crippen LogP) is 3.56. The van der Waals surface area contributed by atoms with E-state index in [2.05, 4.69) is 23.2 Å². The molecule has 0 fully saturated rings. The number of nitro benzene ring substituents is 1. The van der Waals surface area contributed by atoms with Crippen molar-refractivity contribution in [2.75, 3.05) is 18.4 Å². The fourth-order valence-corrected chi connectivity index (χ4v) is 4.24. The normalized spacial score (nSPS) is 13.9. The summed E-state index contributed by atoms with van der Waals surface area (Å²) in [5.74, 6) is -0.371. The fourth-order valence-electron chi connectivity index (χ4n) is 3.00. The van der Waals surface area contributed by atoms with E-state index in [4.69, 9.17) is 0 Å². The van der Waals surface area contributed by atoms with E-state index in [0.717, 1.165) is 36.5 Å². The van der Waals surface area contributed by atoms with Crippen LogP contribution in [-0.2, 0) is 17.8 Å². The molecule has 138 valence electrons. The molecule has 0 saturated heterocycles. The van der Waals surface area contributed by atoms with Gasteiger partial charge in [0.25, 0.3) is 5.69 Å². The summed E-state index contributed by atoms with van der Waals surface area (Å²) in [5, 5.41) is 23.7. The highest BCUT2D eigenvalue weighted by molar-refractivity contribution is 7.16. The molecular weight excluding hydrogens is 364 g/mol. The van der Waals surface area contributed by atoms with Crippen molar-refractivity contribution < 1.29 is 9.72 Å². The minimum absolute atomic E-state index is 0.0317. The van der Waals surface area contributed by atoms with Gasteiger partial charge in [-0.25, -0.2) is 0 Å². The highest BCUT2D eigenvalue weighted by Gasteiger charge is 2.24. The standard InChI is InChI=1S/C19H18N4O3S/c1-2-22-9-8-15-16(11-20)19(27-17(15)12-22)21-18(24)7-6-13-4-3-5-14(10-13)23(25)26/h3-7,10H,2,8-9,12H2,1H3,(H,21,24). The van der Waals surface area contributed by atoms with Crippen molar-refractivity contribution in [1.29, 1.82) is 5.26 Å². The van der Waals surface area contributed by atoms with Crippen molar-refractivity contribution in [2.24, 2.45) is 0 Å². The van der Waals surface area contributed by atoms with E-state index in [0.29, 0.717) is 16.1 Å². The zero-order valence-corrected chi connectivity index (χ0v) is 15.6. The summed E-state index contributed by atoms with van der Waals surface area (Å²) in [7, 11) is 0. The topological polar surface area (TPSA) is 99.3 Å². The summed E-state index contributed by atoms with van der Waals surface area (Å²) in [5.41, 5.74) is 2.10. The number of benzene rings is 1. The number of nitrogens with zero attached hydrogens (tertiary/aromatic N) is 3. The maximum absolute atomic E-state index is 12.3. The largest absolute Gasteiger partial charge is 0.313 e. The second-order valence-corrected chi connectivity index (χ2v) is 7.22. The Morgan fingerprint density at radius 3 is 3.04 bits per heavy atom. The Hall–Kier alpha value is -3.02. The molecule has 0 aliphatic carbocycles. The van der Waals surface area contributed by atoms with Crippen LogP contribution in [0.15, 0.2) is 30.3 Å². The van der Waals surface area contributed by atoms with Gasteiger partial charge in [-0.15, -0.1) is 11.3 Å². The number of carbonyl (C=O) groups is 1. The molecule has 2 heterocycles. The zero-order valence-electron chi connectivity index (χ0n) is 14.8. The molecule has 0 unspecified atom stereocenters. The van der Waals surface area contributed by atoms with Crippen LogP contribution in [0, 0.1) is 21.4 Å². The number of nitro groups is 1. The molecule has 0 radical (unpaired) electrons. The lowest BCUT2D eigenvalue weighted by Crippen LogP contribution is -2.29. The molecule has 1 aromatic carbocycles. The first-order chi connectivity index (χ1) is 13.0. The first kappa shape index (κ1) is 18.8. The molecule has 1 N–H and O–H groups in total. The molecule has 8 heteroatoms. The molecule has 7 nitrogen and oxygen atoms in total. The molecule has 0 bridgehead atoms. The number of carbonyl (C=O) groups excluding carboxylic acids is 1. The summed E-state index contributed by atoms with van der Waals surface area (Å²) >= 11 is 1.44. The number of rotatable bonds is 5. The van der Waals surface area contributed by atoms with E-state index >= 15 is 0 Å². The van der Waals surface area contributed by atoms with Gasteiger partial charge in [0.2, 0.25) is 5.91 Å². The molecule has 1 aliphatic rings. The monoisotopic (exact) mass is 382 g/mol. The van der Waals surface area contributed by atoms with Crippen LogP contribution in [-0.4, -0.2) is 28.8 Å². The summed E-state index contributed by atoms with van der Waals surface area (Å²) < 4.78 is 0. The van der Waals surface area contributed by atoms with Crippen molar-refractivity contribution in [2.45, 2.75) is 19.9 Å². The number of hydrogen-bond acceptors (Lipinski definition) is 6. The van der Waals surface area contributed by atoms with Gasteiger partial charge in [0.05, 0.1) is 10.5 Å². The predicted molar refractivity (Wildman–Crippen MR) is 104 cm³/mol. The van der Waals surface area contributed by atoms with E-state index in [1.807, 2.05) is 0 Å². The van der Waals surface area contributed by atoms with Gasteiger partial charge in [-0.05, 0) is 30.2 Å². The number of likely N-dealkylation sites (N-methyl/N-ethyl adjacent to an activating group) is 1. The number of hydrogen-bond donors (Lipinski definition) is 1. The van der Waals surface area contributed by atoms with Crippen LogP contribution in [0.25, 0.3) is 6.08 Å². The Kier molecular flexibility index (Phi) is 5.64. The molecular formula is C19H18N4O3S. The second kappa shape index (κ2) is 8.12. The molecule has 0 spiro atoms. The van der Waals surface area contributed by atoms with E-state index in [1.165, 1.54) is 35.6 Å². The van der Waals surface area contributed by atoms with E-state index < -0.39 is 4.92 Å². The minimum Gasteiger partial charge on any atom is -0.313 e. The van der Waals surface area contributed by atoms with Gasteiger partial charge in [0, 0.05) is 36.2 Å². The lowest BCUT2D eigenvalue weighted by molar-refractivity contribution is -0.384. The summed E-state index contributed by atoms with van der Waals surface area (Å²) in [6.07, 6.45) is 3.64. The third-order valence-corrected chi connectivity index (χ3v) is 5.57. The molecule has 3 rings (SSSR count). The molecule has 1 aromatic heterocycles. The Morgan fingerprint density at radius 2 is 2.33 bits per heavy atom. The lowest BCUT2D eigenvalue weighted by Gasteiger charge is -2.24. The quantitative estimate of drug-likeness (QED) is 0.484. The number of thiophene rings is 1. The van der Waals surface area contributed by atoms with Crippen molar-refractivity contribution in [3.05, 3.63) is 62.0 Å². The number of anilines is 1. The van der Waals surface area contributed by atoms with Gasteiger partial charge >= 0.3 is 0 Å². The van der Waals surface area contributed by atoms with E-state index in [9.17, 15) is 20.2 Å². The molecule has 1 amide bonds. The molecule has 2 aromatic rings. The summed E-state index contributed by atoms with van der Waals surface area (Å²) in [6.45, 7) is 4.76. The van der Waals surface area contributed by atoms with Crippen LogP contribution >= 0.6 is 11.3 Å². The van der Waals surface area contributed by atoms with Crippen LogP contribution in [0.3, 0.4) is 0 Å². The fraction of sp³-hybridized carbons (Fsp3) is 0.263. The highest BCUT2D eigenvalue weighted by Crippen LogP contribution is 2.36. The summed E-state index contributed by atoms with van der Waals surface area (Å²) in [4.78, 5) is 26.0. The molecule has 0 atom stereocenters. The lowest BCUT2D eigenvalue weighted by atomic mass is 10.0. The van der Waals surface area contributed by atoms with Gasteiger partial charge in [-0.3, -0.25) is 19.8 Å². The number of nitrogens with one attached hydrogen (secondary N) is 1. The second-order valence-electron chi connectivity index (χ2n) is 6.11. The number of fused-ring (bicyclic) bond motifs is 1. The maximum atomic E-state index is 12.3. The first-order valence-electron chi connectivity index (χ1n) is 8.52. The zero-order chi connectivity index (χ0) is 19.4. The number of amides is 1. The third kappa shape index (κ3) is 4.22. The third-order valence-electron chi connectivity index (χ3n) is 4.44. The Balaban J connectivity index is 1.75. The van der Waals surface area contributed by atoms with Crippen LogP contribution in [0.1, 0.15) is 28.5 Å². The van der Waals surface area contributed by atoms with Gasteiger partial charge < -0.3 is 5.32 Å². The smallest absolute Gasteiger partial charge is 0.270 e. The van der Waals surface area contributed by atoms with Crippen molar-refractivity contribution in [3.8, 4) is 6.07 Å². The highest BCUT2D eigenvalue weighted by atomic mass is 32.1. The first-order valence-corrected chi connectivity index (χ1v) is 9.34. The van der Waals surface area contributed by atoms with Crippen molar-refractivity contribution in [1.82, 2.24) is 4.90 Å². The average Bonchev–Trinajstić information content (AvgIpc) is 3.02. The van der Waals surface area contributed by atoms with Crippen LogP contribution in [0.2, 0.25) is 0 Å². The number of non-ortho nitro benzene ring substituents is 1. The van der Waals surface area contributed by atoms with Gasteiger partial charge in [0.1, 0.15) is 11.1 Å². The van der Waals surface area contributed by atoms with Crippen LogP contribution < -0.4 is 5.32 Å². The van der Waals surface area contributed by atoms with E-state index in [1.54, 1.807) is 12.1 Å². The SMILES string of the molecule is CCN1CCc2c(sc(NC(=O)C=Cc3cccc([N+](=O)[O-])c3)c2C#N)C1. The average molecular weight is 382 g/mol. The Labute approximate surface area is 160 Å². The molecule has 27 heavy (non-hydrogen) atoms. The minimum atomic E-state index is -0.480. The number of nitriles is 1. The maximum Gasteiger partial charge on any atom is 0.270 e. The van der Waals surface area contributed by atoms with Gasteiger partial charge in [0.15, 0.2) is 0 Å². The van der Waals surface area contributed by atoms with E-state index in [-0.39, 0.29) is 11.6 Å². The Morgan fingerprint density at radius 1 is 1.52 bits per heavy atom. The van der Waals surface area contributed by atoms with Crippen LogP contribution in [0.5, 0.6) is 0 Å². The molecule has 0 saturated carbocycles. The summed E-state index contributed by atoms with van der Waals surface area (Å²) in [6, 6.07) is 8.25. The molecule has 1 aliphatic heterocycles. The van der Waals surface area contributed by atoms with Crippen molar-refractivity contribution >= 4 is 34.0 Å². The van der Waals surface area contributed by atoms with Gasteiger partial charge in [-0.1, -0.05) is 19.1 Å². The van der Waals surface area contributed by atoms with Gasteiger partial charge in [-0.2, -0.15) is 5.26 Å². The van der Waals surface area contributed by atoms with Crippen molar-refractivity contribution in [3.63, 3.8) is 0 Å².